The van der Waals surface area contributed by atoms with Crippen molar-refractivity contribution in [2.45, 2.75) is 6.92 Å². The van der Waals surface area contributed by atoms with Crippen molar-refractivity contribution in [3.63, 3.8) is 0 Å². The minimum Gasteiger partial charge on any atom is -0.453 e. The molecule has 7 aliphatic heterocycles. The molecule has 0 atom stereocenters. The normalized spacial score (nSPS) is 13.8. The number of hydrogen-bond donors (Lipinski definition) is 0. The van der Waals surface area contributed by atoms with Crippen LogP contribution in [-0.2, 0) is 0 Å². The highest BCUT2D eigenvalue weighted by Crippen LogP contribution is 2.58. The van der Waals surface area contributed by atoms with Crippen molar-refractivity contribution in [1.29, 1.82) is 0 Å². The maximum Gasteiger partial charge on any atom is 0.252 e. The highest BCUT2D eigenvalue weighted by atomic mass is 16.5. The SMILES string of the molecule is Cc1cc2c3c(c1)N(c1ccccc1)c1cc4c(cc1B3c1cc(-c3ccccc3)ccc1N2c1ccccc1)B1c2cc(-c3ccccc3)cc3c2N2c5c(cc(-c6ccccc6)cc5B5c6cc(-c7ccccc7)ccc6N(c6ccccc6)c6cc(c1c2c65)N4c1ccccc1)O3. The molecule has 0 aromatic heterocycles. The van der Waals surface area contributed by atoms with E-state index >= 15 is 0 Å². The lowest BCUT2D eigenvalue weighted by molar-refractivity contribution is 0.478. The fourth-order valence-corrected chi connectivity index (χ4v) is 18.1. The molecule has 0 radical (unpaired) electrons. The topological polar surface area (TPSA) is 25.4 Å². The van der Waals surface area contributed by atoms with Crippen LogP contribution in [0, 0.1) is 6.92 Å². The molecule has 15 aromatic carbocycles. The third kappa shape index (κ3) is 7.88. The standard InChI is InChI=1S/C91H58B3N5O/c1-57-46-80-86-81(47-57)97(68-38-22-8-23-39-68)78-55-79-73(54-72(78)92(86)70-48-62(58-26-10-2-11-27-58)42-44-76(70)95(80)66-34-18-6-19-35-66)94-75-51-65(61-32-16-5-17-33-61)53-85-90(75)99-89-74(50-64(52-84(89)100-85)60-30-14-4-15-31-60)93-71-49-63(59-28-12-3-13-29-59)43-45-77(71)96(67-36-20-7-21-37-67)82-56-83(88(94)91(99)87(82)93)98(79)69-40-24-9-25-41-69/h2-56H,1H3. The lowest BCUT2D eigenvalue weighted by Gasteiger charge is -2.53. The molecule has 7 aliphatic rings. The lowest BCUT2D eigenvalue weighted by atomic mass is 9.27. The zero-order chi connectivity index (χ0) is 65.4. The van der Waals surface area contributed by atoms with E-state index in [-0.39, 0.29) is 20.1 Å². The molecule has 0 amide bonds. The number of para-hydroxylation sites is 4. The highest BCUT2D eigenvalue weighted by Gasteiger charge is 2.56. The third-order valence-electron chi connectivity index (χ3n) is 22.1. The summed E-state index contributed by atoms with van der Waals surface area (Å²) < 4.78 is 7.82. The van der Waals surface area contributed by atoms with E-state index in [1.54, 1.807) is 0 Å². The van der Waals surface area contributed by atoms with Crippen molar-refractivity contribution in [3.8, 4) is 56.0 Å². The van der Waals surface area contributed by atoms with E-state index in [0.717, 1.165) is 96.3 Å². The fraction of sp³-hybridized carbons (Fsp3) is 0.0110. The van der Waals surface area contributed by atoms with Crippen LogP contribution in [0.2, 0.25) is 0 Å². The molecule has 6 nitrogen and oxygen atoms in total. The molecule has 0 N–H and O–H groups in total. The highest BCUT2D eigenvalue weighted by molar-refractivity contribution is 7.06. The second kappa shape index (κ2) is 21.1. The Hall–Kier alpha value is -12.7. The van der Waals surface area contributed by atoms with Gasteiger partial charge in [0.15, 0.2) is 11.5 Å². The van der Waals surface area contributed by atoms with Gasteiger partial charge in [-0.25, -0.2) is 0 Å². The first-order valence-electron chi connectivity index (χ1n) is 34.8. The van der Waals surface area contributed by atoms with E-state index < -0.39 is 0 Å². The Labute approximate surface area is 582 Å². The van der Waals surface area contributed by atoms with Gasteiger partial charge in [-0.05, 0) is 203 Å². The molecule has 100 heavy (non-hydrogen) atoms. The van der Waals surface area contributed by atoms with E-state index in [2.05, 4.69) is 365 Å². The predicted octanol–water partition coefficient (Wildman–Crippen LogP) is 17.5. The van der Waals surface area contributed by atoms with Crippen molar-refractivity contribution < 1.29 is 4.74 Å². The largest absolute Gasteiger partial charge is 0.453 e. The van der Waals surface area contributed by atoms with Gasteiger partial charge in [0.05, 0.1) is 11.4 Å². The number of fused-ring (bicyclic) bond motifs is 10. The average molecular weight is 1270 g/mol. The third-order valence-corrected chi connectivity index (χ3v) is 22.1. The first-order valence-corrected chi connectivity index (χ1v) is 34.8. The van der Waals surface area contributed by atoms with Gasteiger partial charge in [-0.15, -0.1) is 0 Å². The Morgan fingerprint density at radius 2 is 0.510 bits per heavy atom. The van der Waals surface area contributed by atoms with Crippen LogP contribution in [0.15, 0.2) is 334 Å². The maximum atomic E-state index is 7.82. The summed E-state index contributed by atoms with van der Waals surface area (Å²) in [5, 5.41) is 0. The zero-order valence-electron chi connectivity index (χ0n) is 54.6. The van der Waals surface area contributed by atoms with Gasteiger partial charge >= 0.3 is 0 Å². The van der Waals surface area contributed by atoms with Crippen LogP contribution in [0.4, 0.5) is 85.3 Å². The van der Waals surface area contributed by atoms with E-state index in [1.165, 1.54) is 99.7 Å². The molecule has 462 valence electrons. The van der Waals surface area contributed by atoms with E-state index in [9.17, 15) is 0 Å². The smallest absolute Gasteiger partial charge is 0.252 e. The molecule has 0 saturated carbocycles. The summed E-state index contributed by atoms with van der Waals surface area (Å²) >= 11 is 0. The van der Waals surface area contributed by atoms with Crippen molar-refractivity contribution in [2.75, 3.05) is 24.5 Å². The second-order valence-corrected chi connectivity index (χ2v) is 27.5. The summed E-state index contributed by atoms with van der Waals surface area (Å²) in [6.07, 6.45) is 0. The monoisotopic (exact) mass is 1270 g/mol. The maximum absolute atomic E-state index is 7.82. The van der Waals surface area contributed by atoms with Crippen LogP contribution >= 0.6 is 0 Å². The number of anilines is 15. The summed E-state index contributed by atoms with van der Waals surface area (Å²) in [6.45, 7) is 1.59. The van der Waals surface area contributed by atoms with Gasteiger partial charge in [0.1, 0.15) is 0 Å². The van der Waals surface area contributed by atoms with Crippen LogP contribution < -0.4 is 78.4 Å². The van der Waals surface area contributed by atoms with Gasteiger partial charge in [0.2, 0.25) is 0 Å². The Kier molecular flexibility index (Phi) is 11.7. The number of benzene rings is 15. The summed E-state index contributed by atoms with van der Waals surface area (Å²) in [7, 11) is 0. The van der Waals surface area contributed by atoms with Crippen molar-refractivity contribution in [2.24, 2.45) is 0 Å². The zero-order valence-corrected chi connectivity index (χ0v) is 54.6. The van der Waals surface area contributed by atoms with Crippen LogP contribution in [0.1, 0.15) is 5.56 Å². The molecule has 0 saturated heterocycles. The number of nitrogens with zero attached hydrogens (tertiary/aromatic N) is 5. The Bertz CT molecular complexity index is 5930. The Morgan fingerprint density at radius 3 is 0.890 bits per heavy atom. The van der Waals surface area contributed by atoms with E-state index in [4.69, 9.17) is 4.74 Å². The molecule has 0 aliphatic carbocycles. The Morgan fingerprint density at radius 1 is 0.210 bits per heavy atom. The van der Waals surface area contributed by atoms with Gasteiger partial charge in [0, 0.05) is 73.9 Å². The minimum atomic E-state index is -0.286. The lowest BCUT2D eigenvalue weighted by Crippen LogP contribution is -2.69. The molecular formula is C91H58B3N5O. The van der Waals surface area contributed by atoms with Crippen LogP contribution in [-0.4, -0.2) is 20.1 Å². The van der Waals surface area contributed by atoms with E-state index in [0.29, 0.717) is 0 Å². The van der Waals surface area contributed by atoms with Crippen LogP contribution in [0.25, 0.3) is 44.5 Å². The van der Waals surface area contributed by atoms with Crippen molar-refractivity contribution in [1.82, 2.24) is 0 Å². The van der Waals surface area contributed by atoms with Crippen molar-refractivity contribution >= 4 is 155 Å². The van der Waals surface area contributed by atoms with Crippen LogP contribution in [0.3, 0.4) is 0 Å². The van der Waals surface area contributed by atoms with Gasteiger partial charge in [-0.1, -0.05) is 237 Å². The van der Waals surface area contributed by atoms with Gasteiger partial charge in [-0.3, -0.25) is 0 Å². The predicted molar refractivity (Wildman–Crippen MR) is 420 cm³/mol. The molecule has 0 fully saturated rings. The molecule has 7 heterocycles. The number of rotatable bonds is 8. The van der Waals surface area contributed by atoms with E-state index in [1.807, 2.05) is 0 Å². The van der Waals surface area contributed by atoms with Gasteiger partial charge < -0.3 is 29.2 Å². The summed E-state index contributed by atoms with van der Waals surface area (Å²) in [5.41, 5.74) is 38.8. The summed E-state index contributed by atoms with van der Waals surface area (Å²) in [4.78, 5) is 13.0. The molecule has 15 aromatic rings. The molecular weight excluding hydrogens is 1210 g/mol. The summed E-state index contributed by atoms with van der Waals surface area (Å²) in [5.74, 6) is 1.69. The molecule has 9 heteroatoms. The minimum absolute atomic E-state index is 0.182. The molecule has 0 bridgehead atoms. The number of aryl methyl sites for hydroxylation is 1. The first kappa shape index (κ1) is 55.4. The average Bonchev–Trinajstić information content (AvgIpc) is 0.658. The van der Waals surface area contributed by atoms with Gasteiger partial charge in [-0.2, -0.15) is 0 Å². The Balaban J connectivity index is 0.896. The number of hydrogen-bond acceptors (Lipinski definition) is 6. The van der Waals surface area contributed by atoms with Crippen molar-refractivity contribution in [3.05, 3.63) is 339 Å². The van der Waals surface area contributed by atoms with Gasteiger partial charge in [0.25, 0.3) is 20.1 Å². The van der Waals surface area contributed by atoms with Crippen LogP contribution in [0.5, 0.6) is 11.5 Å². The first-order chi connectivity index (χ1) is 49.5. The molecule has 22 rings (SSSR count). The molecule has 0 spiro atoms. The quantitative estimate of drug-likeness (QED) is 0.141. The number of ether oxygens (including phenoxy) is 1. The second-order valence-electron chi connectivity index (χ2n) is 27.5. The fourth-order valence-electron chi connectivity index (χ4n) is 18.1. The molecule has 0 unspecified atom stereocenters. The summed E-state index contributed by atoms with van der Waals surface area (Å²) in [6, 6.07) is 125.